The summed E-state index contributed by atoms with van der Waals surface area (Å²) in [5, 5.41) is 6.51. The van der Waals surface area contributed by atoms with Crippen LogP contribution >= 0.6 is 11.6 Å². The number of nitrogens with one attached hydrogen (secondary N) is 2. The van der Waals surface area contributed by atoms with Gasteiger partial charge in [0.2, 0.25) is 0 Å². The number of aromatic nitrogens is 1. The van der Waals surface area contributed by atoms with E-state index in [-0.39, 0.29) is 5.91 Å². The molecule has 1 heterocycles. The summed E-state index contributed by atoms with van der Waals surface area (Å²) in [5.41, 5.74) is 3.52. The molecular weight excluding hydrogens is 334 g/mol. The molecule has 1 aromatic heterocycles. The van der Waals surface area contributed by atoms with Crippen molar-refractivity contribution < 1.29 is 4.79 Å². The van der Waals surface area contributed by atoms with E-state index >= 15 is 0 Å². The van der Waals surface area contributed by atoms with E-state index in [0.717, 1.165) is 24.3 Å². The molecule has 0 aliphatic rings. The van der Waals surface area contributed by atoms with Crippen molar-refractivity contribution in [1.82, 2.24) is 4.98 Å². The molecule has 0 aliphatic heterocycles. The van der Waals surface area contributed by atoms with E-state index in [1.165, 1.54) is 17.8 Å². The van der Waals surface area contributed by atoms with Crippen LogP contribution in [0.1, 0.15) is 15.9 Å². The van der Waals surface area contributed by atoms with E-state index in [4.69, 9.17) is 11.6 Å². The average molecular weight is 352 g/mol. The van der Waals surface area contributed by atoms with Gasteiger partial charge in [-0.05, 0) is 48.4 Å². The Labute approximate surface area is 151 Å². The second kappa shape index (κ2) is 8.31. The first-order valence-electron chi connectivity index (χ1n) is 8.01. The smallest absolute Gasteiger partial charge is 0.255 e. The summed E-state index contributed by atoms with van der Waals surface area (Å²) in [6.45, 7) is 0.852. The Morgan fingerprint density at radius 3 is 2.40 bits per heavy atom. The van der Waals surface area contributed by atoms with Gasteiger partial charge in [0.25, 0.3) is 5.91 Å². The summed E-state index contributed by atoms with van der Waals surface area (Å²) >= 11 is 5.81. The van der Waals surface area contributed by atoms with Crippen molar-refractivity contribution in [3.05, 3.63) is 89.2 Å². The molecule has 3 aromatic rings. The number of anilines is 2. The molecule has 126 valence electrons. The van der Waals surface area contributed by atoms with Gasteiger partial charge >= 0.3 is 0 Å². The largest absolute Gasteiger partial charge is 0.385 e. The maximum Gasteiger partial charge on any atom is 0.255 e. The van der Waals surface area contributed by atoms with Gasteiger partial charge in [-0.3, -0.25) is 4.79 Å². The van der Waals surface area contributed by atoms with Crippen molar-refractivity contribution in [1.29, 1.82) is 0 Å². The molecule has 2 aromatic carbocycles. The van der Waals surface area contributed by atoms with Crippen molar-refractivity contribution in [2.45, 2.75) is 6.42 Å². The summed E-state index contributed by atoms with van der Waals surface area (Å²) in [6.07, 6.45) is 2.47. The minimum absolute atomic E-state index is 0.214. The summed E-state index contributed by atoms with van der Waals surface area (Å²) in [4.78, 5) is 16.0. The number of amides is 1. The molecular formula is C20H18ClN3O. The molecule has 0 aliphatic carbocycles. The first-order valence-corrected chi connectivity index (χ1v) is 8.39. The fourth-order valence-electron chi connectivity index (χ4n) is 2.41. The number of benzene rings is 2. The van der Waals surface area contributed by atoms with Crippen LogP contribution in [0.25, 0.3) is 0 Å². The lowest BCUT2D eigenvalue weighted by Crippen LogP contribution is -2.12. The maximum atomic E-state index is 12.2. The minimum Gasteiger partial charge on any atom is -0.385 e. The summed E-state index contributed by atoms with van der Waals surface area (Å²) in [6, 6.07) is 21.1. The lowest BCUT2D eigenvalue weighted by Gasteiger charge is -2.09. The fraction of sp³-hybridized carbons (Fsp3) is 0.100. The van der Waals surface area contributed by atoms with Crippen LogP contribution in [0.15, 0.2) is 72.9 Å². The van der Waals surface area contributed by atoms with E-state index < -0.39 is 0 Å². The zero-order valence-electron chi connectivity index (χ0n) is 13.6. The number of carbonyl (C=O) groups excluding carboxylic acids is 1. The molecule has 0 atom stereocenters. The number of pyridine rings is 1. The Hall–Kier alpha value is -2.85. The van der Waals surface area contributed by atoms with E-state index in [9.17, 15) is 4.79 Å². The van der Waals surface area contributed by atoms with Crippen molar-refractivity contribution in [3.8, 4) is 0 Å². The zero-order valence-corrected chi connectivity index (χ0v) is 14.3. The highest BCUT2D eigenvalue weighted by Gasteiger charge is 2.06. The standard InChI is InChI=1S/C20H18ClN3O/c21-19-14-16(11-13-23-19)20(25)24-18-8-6-17(7-9-18)22-12-10-15-4-2-1-3-5-15/h1-9,11,13-14,22H,10,12H2,(H,24,25). The average Bonchev–Trinajstić information content (AvgIpc) is 2.64. The van der Waals surface area contributed by atoms with Crippen LogP contribution in [0.4, 0.5) is 11.4 Å². The first kappa shape index (κ1) is 17.0. The SMILES string of the molecule is O=C(Nc1ccc(NCCc2ccccc2)cc1)c1ccnc(Cl)c1. The number of hydrogen-bond acceptors (Lipinski definition) is 3. The number of halogens is 1. The van der Waals surface area contributed by atoms with Crippen LogP contribution < -0.4 is 10.6 Å². The van der Waals surface area contributed by atoms with Crippen molar-refractivity contribution in [3.63, 3.8) is 0 Å². The number of nitrogens with zero attached hydrogens (tertiary/aromatic N) is 1. The van der Waals surface area contributed by atoms with E-state index in [1.54, 1.807) is 6.07 Å². The molecule has 0 radical (unpaired) electrons. The predicted octanol–water partition coefficient (Wildman–Crippen LogP) is 4.64. The van der Waals surface area contributed by atoms with Crippen LogP contribution in [0.3, 0.4) is 0 Å². The summed E-state index contributed by atoms with van der Waals surface area (Å²) < 4.78 is 0. The number of hydrogen-bond donors (Lipinski definition) is 2. The van der Waals surface area contributed by atoms with E-state index in [2.05, 4.69) is 27.8 Å². The normalized spacial score (nSPS) is 10.3. The molecule has 4 nitrogen and oxygen atoms in total. The van der Waals surface area contributed by atoms with Gasteiger partial charge in [0.05, 0.1) is 0 Å². The van der Waals surface area contributed by atoms with Gasteiger partial charge < -0.3 is 10.6 Å². The highest BCUT2D eigenvalue weighted by Crippen LogP contribution is 2.15. The quantitative estimate of drug-likeness (QED) is 0.636. The Bertz CT molecular complexity index is 835. The lowest BCUT2D eigenvalue weighted by atomic mass is 10.1. The molecule has 25 heavy (non-hydrogen) atoms. The van der Waals surface area contributed by atoms with Gasteiger partial charge in [0.15, 0.2) is 0 Å². The minimum atomic E-state index is -0.214. The number of rotatable bonds is 6. The molecule has 5 heteroatoms. The summed E-state index contributed by atoms with van der Waals surface area (Å²) in [7, 11) is 0. The van der Waals surface area contributed by atoms with Gasteiger partial charge in [-0.1, -0.05) is 41.9 Å². The Balaban J connectivity index is 1.52. The third kappa shape index (κ3) is 5.06. The predicted molar refractivity (Wildman–Crippen MR) is 102 cm³/mol. The Kier molecular flexibility index (Phi) is 5.65. The van der Waals surface area contributed by atoms with Crippen molar-refractivity contribution in [2.75, 3.05) is 17.2 Å². The fourth-order valence-corrected chi connectivity index (χ4v) is 2.59. The number of carbonyl (C=O) groups is 1. The van der Waals surface area contributed by atoms with Crippen molar-refractivity contribution >= 4 is 28.9 Å². The molecule has 0 bridgehead atoms. The highest BCUT2D eigenvalue weighted by atomic mass is 35.5. The molecule has 1 amide bonds. The molecule has 3 rings (SSSR count). The molecule has 0 fully saturated rings. The first-order chi connectivity index (χ1) is 12.2. The lowest BCUT2D eigenvalue weighted by molar-refractivity contribution is 0.102. The molecule has 0 spiro atoms. The summed E-state index contributed by atoms with van der Waals surface area (Å²) in [5.74, 6) is -0.214. The van der Waals surface area contributed by atoms with Crippen molar-refractivity contribution in [2.24, 2.45) is 0 Å². The van der Waals surface area contributed by atoms with E-state index in [1.807, 2.05) is 42.5 Å². The monoisotopic (exact) mass is 351 g/mol. The van der Waals surface area contributed by atoms with Crippen LogP contribution in [0.5, 0.6) is 0 Å². The van der Waals surface area contributed by atoms with Gasteiger partial charge in [-0.2, -0.15) is 0 Å². The molecule has 0 saturated heterocycles. The third-order valence-electron chi connectivity index (χ3n) is 3.72. The van der Waals surface area contributed by atoms with Crippen LogP contribution in [0, 0.1) is 0 Å². The van der Waals surface area contributed by atoms with E-state index in [0.29, 0.717) is 10.7 Å². The second-order valence-corrected chi connectivity index (χ2v) is 5.95. The second-order valence-electron chi connectivity index (χ2n) is 5.56. The van der Waals surface area contributed by atoms with Gasteiger partial charge in [-0.25, -0.2) is 4.98 Å². The molecule has 0 saturated carbocycles. The maximum absolute atomic E-state index is 12.2. The Morgan fingerprint density at radius 2 is 1.68 bits per heavy atom. The third-order valence-corrected chi connectivity index (χ3v) is 3.92. The topological polar surface area (TPSA) is 54.0 Å². The molecule has 0 unspecified atom stereocenters. The zero-order chi connectivity index (χ0) is 17.5. The Morgan fingerprint density at radius 1 is 0.960 bits per heavy atom. The van der Waals surface area contributed by atoms with Gasteiger partial charge in [0, 0.05) is 29.7 Å². The molecule has 2 N–H and O–H groups in total. The van der Waals surface area contributed by atoms with Crippen LogP contribution in [-0.4, -0.2) is 17.4 Å². The van der Waals surface area contributed by atoms with Crippen LogP contribution in [0.2, 0.25) is 5.15 Å². The van der Waals surface area contributed by atoms with Crippen LogP contribution in [-0.2, 0) is 6.42 Å². The van der Waals surface area contributed by atoms with Gasteiger partial charge in [0.1, 0.15) is 5.15 Å². The van der Waals surface area contributed by atoms with Gasteiger partial charge in [-0.15, -0.1) is 0 Å². The highest BCUT2D eigenvalue weighted by molar-refractivity contribution is 6.29.